The van der Waals surface area contributed by atoms with Gasteiger partial charge in [-0.2, -0.15) is 0 Å². The van der Waals surface area contributed by atoms with Gasteiger partial charge in [0.15, 0.2) is 5.84 Å². The summed E-state index contributed by atoms with van der Waals surface area (Å²) in [4.78, 5) is 4.25. The number of benzene rings is 1. The van der Waals surface area contributed by atoms with Crippen LogP contribution >= 0.6 is 0 Å². The standard InChI is InChI=1S/C16H26N2O2/c1-15(2,3)16(4,5)18(19)14(17-6)12-8-10-13(20-7)11-9-12/h8-11,19H,1-7H3/b17-14+. The monoisotopic (exact) mass is 278 g/mol. The largest absolute Gasteiger partial charge is 0.497 e. The van der Waals surface area contributed by atoms with Crippen LogP contribution < -0.4 is 4.74 Å². The van der Waals surface area contributed by atoms with Crippen LogP contribution in [0.4, 0.5) is 0 Å². The smallest absolute Gasteiger partial charge is 0.155 e. The molecule has 0 unspecified atom stereocenters. The van der Waals surface area contributed by atoms with Crippen LogP contribution in [-0.4, -0.2) is 35.8 Å². The van der Waals surface area contributed by atoms with Gasteiger partial charge in [-0.3, -0.25) is 10.2 Å². The molecule has 4 nitrogen and oxygen atoms in total. The minimum Gasteiger partial charge on any atom is -0.497 e. The number of hydroxylamine groups is 2. The second kappa shape index (κ2) is 5.83. The third kappa shape index (κ3) is 3.12. The van der Waals surface area contributed by atoms with Crippen molar-refractivity contribution in [3.8, 4) is 5.75 Å². The second-order valence-electron chi connectivity index (χ2n) is 6.40. The van der Waals surface area contributed by atoms with E-state index in [1.807, 2.05) is 38.1 Å². The van der Waals surface area contributed by atoms with E-state index in [4.69, 9.17) is 4.74 Å². The van der Waals surface area contributed by atoms with Crippen molar-refractivity contribution in [1.29, 1.82) is 0 Å². The zero-order valence-electron chi connectivity index (χ0n) is 13.6. The van der Waals surface area contributed by atoms with Crippen molar-refractivity contribution < 1.29 is 9.94 Å². The van der Waals surface area contributed by atoms with E-state index >= 15 is 0 Å². The van der Waals surface area contributed by atoms with Gasteiger partial charge in [0, 0.05) is 12.6 Å². The number of methoxy groups -OCH3 is 1. The highest BCUT2D eigenvalue weighted by atomic mass is 16.5. The van der Waals surface area contributed by atoms with E-state index < -0.39 is 5.54 Å². The van der Waals surface area contributed by atoms with Crippen molar-refractivity contribution in [1.82, 2.24) is 5.06 Å². The fourth-order valence-corrected chi connectivity index (χ4v) is 1.67. The molecule has 1 aromatic rings. The molecule has 0 spiro atoms. The molecular weight excluding hydrogens is 252 g/mol. The summed E-state index contributed by atoms with van der Waals surface area (Å²) in [7, 11) is 3.31. The summed E-state index contributed by atoms with van der Waals surface area (Å²) < 4.78 is 5.15. The summed E-state index contributed by atoms with van der Waals surface area (Å²) in [6.45, 7) is 10.3. The Morgan fingerprint density at radius 2 is 1.60 bits per heavy atom. The van der Waals surface area contributed by atoms with Gasteiger partial charge in [0.1, 0.15) is 5.75 Å². The minimum absolute atomic E-state index is 0.107. The summed E-state index contributed by atoms with van der Waals surface area (Å²) in [5.41, 5.74) is 0.291. The molecule has 1 N–H and O–H groups in total. The molecule has 0 radical (unpaired) electrons. The summed E-state index contributed by atoms with van der Waals surface area (Å²) in [6.07, 6.45) is 0. The van der Waals surface area contributed by atoms with Gasteiger partial charge in [-0.05, 0) is 43.5 Å². The van der Waals surface area contributed by atoms with E-state index in [0.29, 0.717) is 5.84 Å². The van der Waals surface area contributed by atoms with E-state index in [0.717, 1.165) is 11.3 Å². The maximum Gasteiger partial charge on any atom is 0.155 e. The van der Waals surface area contributed by atoms with Crippen LogP contribution in [-0.2, 0) is 0 Å². The zero-order chi connectivity index (χ0) is 15.6. The van der Waals surface area contributed by atoms with Gasteiger partial charge >= 0.3 is 0 Å². The van der Waals surface area contributed by atoms with Crippen molar-refractivity contribution >= 4 is 5.84 Å². The van der Waals surface area contributed by atoms with Crippen molar-refractivity contribution in [2.24, 2.45) is 10.4 Å². The molecule has 0 aliphatic carbocycles. The Bertz CT molecular complexity index is 470. The van der Waals surface area contributed by atoms with Crippen molar-refractivity contribution in [3.05, 3.63) is 29.8 Å². The molecule has 0 aliphatic heterocycles. The molecule has 1 rings (SSSR count). The van der Waals surface area contributed by atoms with Crippen LogP contribution in [0.2, 0.25) is 0 Å². The van der Waals surface area contributed by atoms with Crippen molar-refractivity contribution in [2.75, 3.05) is 14.2 Å². The number of rotatable bonds is 3. The Labute approximate surface area is 122 Å². The van der Waals surface area contributed by atoms with Gasteiger partial charge in [-0.1, -0.05) is 20.8 Å². The predicted octanol–water partition coefficient (Wildman–Crippen LogP) is 3.59. The molecular formula is C16H26N2O2. The molecule has 0 bridgehead atoms. The highest BCUT2D eigenvalue weighted by molar-refractivity contribution is 5.98. The average molecular weight is 278 g/mol. The minimum atomic E-state index is -0.457. The first kappa shape index (κ1) is 16.5. The average Bonchev–Trinajstić information content (AvgIpc) is 2.39. The highest BCUT2D eigenvalue weighted by Crippen LogP contribution is 2.35. The summed E-state index contributed by atoms with van der Waals surface area (Å²) in [6, 6.07) is 7.50. The summed E-state index contributed by atoms with van der Waals surface area (Å²) >= 11 is 0. The zero-order valence-corrected chi connectivity index (χ0v) is 13.6. The first-order chi connectivity index (χ1) is 9.15. The SMILES string of the molecule is C/N=C(\c1ccc(OC)cc1)N(O)C(C)(C)C(C)(C)C. The second-order valence-corrected chi connectivity index (χ2v) is 6.40. The summed E-state index contributed by atoms with van der Waals surface area (Å²) in [5, 5.41) is 11.9. The molecule has 0 aliphatic rings. The topological polar surface area (TPSA) is 45.1 Å². The molecule has 112 valence electrons. The van der Waals surface area contributed by atoms with Gasteiger partial charge in [0.2, 0.25) is 0 Å². The fraction of sp³-hybridized carbons (Fsp3) is 0.562. The van der Waals surface area contributed by atoms with Crippen LogP contribution in [0.25, 0.3) is 0 Å². The quantitative estimate of drug-likeness (QED) is 0.522. The lowest BCUT2D eigenvalue weighted by Crippen LogP contribution is -2.54. The maximum absolute atomic E-state index is 10.6. The van der Waals surface area contributed by atoms with Gasteiger partial charge in [-0.15, -0.1) is 0 Å². The number of amidine groups is 1. The maximum atomic E-state index is 10.6. The number of aliphatic imine (C=N–C) groups is 1. The van der Waals surface area contributed by atoms with Crippen LogP contribution in [0.5, 0.6) is 5.75 Å². The number of hydrogen-bond donors (Lipinski definition) is 1. The molecule has 0 fully saturated rings. The molecule has 0 heterocycles. The molecule has 0 aromatic heterocycles. The van der Waals surface area contributed by atoms with E-state index in [2.05, 4.69) is 25.8 Å². The molecule has 0 saturated heterocycles. The Morgan fingerprint density at radius 1 is 1.10 bits per heavy atom. The highest BCUT2D eigenvalue weighted by Gasteiger charge is 2.40. The Morgan fingerprint density at radius 3 is 1.95 bits per heavy atom. The molecule has 4 heteroatoms. The Hall–Kier alpha value is -1.55. The first-order valence-corrected chi connectivity index (χ1v) is 6.75. The van der Waals surface area contributed by atoms with E-state index in [1.54, 1.807) is 14.2 Å². The third-order valence-corrected chi connectivity index (χ3v) is 4.13. The van der Waals surface area contributed by atoms with Crippen LogP contribution in [0.15, 0.2) is 29.3 Å². The normalized spacial score (nSPS) is 13.3. The number of hydrogen-bond acceptors (Lipinski definition) is 3. The molecule has 1 aromatic carbocycles. The Balaban J connectivity index is 3.13. The molecule has 0 atom stereocenters. The van der Waals surface area contributed by atoms with Gasteiger partial charge in [0.05, 0.1) is 12.6 Å². The molecule has 0 amide bonds. The summed E-state index contributed by atoms with van der Waals surface area (Å²) in [5.74, 6) is 1.33. The number of ether oxygens (including phenoxy) is 1. The molecule has 20 heavy (non-hydrogen) atoms. The lowest BCUT2D eigenvalue weighted by Gasteiger charge is -2.45. The fourth-order valence-electron chi connectivity index (χ4n) is 1.67. The van der Waals surface area contributed by atoms with E-state index in [9.17, 15) is 5.21 Å². The first-order valence-electron chi connectivity index (χ1n) is 6.75. The van der Waals surface area contributed by atoms with Gasteiger partial charge in [0.25, 0.3) is 0 Å². The van der Waals surface area contributed by atoms with Crippen LogP contribution in [0.3, 0.4) is 0 Å². The lowest BCUT2D eigenvalue weighted by molar-refractivity contribution is -0.133. The lowest BCUT2D eigenvalue weighted by atomic mass is 9.76. The van der Waals surface area contributed by atoms with E-state index in [-0.39, 0.29) is 5.41 Å². The van der Waals surface area contributed by atoms with Gasteiger partial charge in [-0.25, -0.2) is 5.06 Å². The van der Waals surface area contributed by atoms with Crippen LogP contribution in [0, 0.1) is 5.41 Å². The van der Waals surface area contributed by atoms with Crippen LogP contribution in [0.1, 0.15) is 40.2 Å². The Kier molecular flexibility index (Phi) is 4.81. The van der Waals surface area contributed by atoms with Crippen molar-refractivity contribution in [3.63, 3.8) is 0 Å². The third-order valence-electron chi connectivity index (χ3n) is 4.13. The predicted molar refractivity (Wildman–Crippen MR) is 82.6 cm³/mol. The number of nitrogens with zero attached hydrogens (tertiary/aromatic N) is 2. The van der Waals surface area contributed by atoms with E-state index in [1.165, 1.54) is 5.06 Å². The molecule has 0 saturated carbocycles. The van der Waals surface area contributed by atoms with Crippen molar-refractivity contribution in [2.45, 2.75) is 40.2 Å². The van der Waals surface area contributed by atoms with Gasteiger partial charge < -0.3 is 4.74 Å².